The second-order valence-corrected chi connectivity index (χ2v) is 6.89. The topological polar surface area (TPSA) is 40.6 Å². The van der Waals surface area contributed by atoms with Gasteiger partial charge in [0, 0.05) is 26.6 Å². The number of hydrogen-bond donors (Lipinski definition) is 0. The summed E-state index contributed by atoms with van der Waals surface area (Å²) in [5.74, 6) is -0.484. The fraction of sp³-hybridized carbons (Fsp3) is 0.579. The molecule has 1 aromatic carbocycles. The Morgan fingerprint density at radius 2 is 1.88 bits per heavy atom. The minimum atomic E-state index is -0.377. The van der Waals surface area contributed by atoms with Gasteiger partial charge >= 0.3 is 0 Å². The molecule has 2 amide bonds. The van der Waals surface area contributed by atoms with Gasteiger partial charge in [-0.2, -0.15) is 0 Å². The van der Waals surface area contributed by atoms with Crippen molar-refractivity contribution in [3.8, 4) is 0 Å². The molecule has 2 aliphatic heterocycles. The number of piperidine rings is 1. The Bertz CT molecular complexity index is 611. The molecule has 3 rings (SSSR count). The van der Waals surface area contributed by atoms with Crippen LogP contribution in [0.4, 0.5) is 4.39 Å². The molecule has 24 heavy (non-hydrogen) atoms. The average Bonchev–Trinajstić information content (AvgIpc) is 2.86. The largest absolute Gasteiger partial charge is 0.342 e. The lowest BCUT2D eigenvalue weighted by molar-refractivity contribution is -0.146. The van der Waals surface area contributed by atoms with E-state index >= 15 is 0 Å². The maximum Gasteiger partial charge on any atom is 0.228 e. The molecule has 0 radical (unpaired) electrons. The lowest BCUT2D eigenvalue weighted by Gasteiger charge is -2.40. The van der Waals surface area contributed by atoms with E-state index in [-0.39, 0.29) is 29.6 Å². The SMILES string of the molecule is CN1C(=O)CC[C@H](C(=O)N2CCCCCC2)[C@@H]1c1cccc(F)c1. The van der Waals surface area contributed by atoms with Gasteiger partial charge in [-0.15, -0.1) is 0 Å². The number of nitrogens with zero attached hydrogens (tertiary/aromatic N) is 2. The molecule has 2 fully saturated rings. The molecule has 2 saturated heterocycles. The molecule has 0 aromatic heterocycles. The van der Waals surface area contributed by atoms with Gasteiger partial charge in [0.15, 0.2) is 0 Å². The van der Waals surface area contributed by atoms with Crippen LogP contribution in [0.2, 0.25) is 0 Å². The summed E-state index contributed by atoms with van der Waals surface area (Å²) in [5.41, 5.74) is 0.707. The average molecular weight is 332 g/mol. The van der Waals surface area contributed by atoms with E-state index in [1.54, 1.807) is 18.0 Å². The van der Waals surface area contributed by atoms with Crippen molar-refractivity contribution in [2.75, 3.05) is 20.1 Å². The standard InChI is InChI=1S/C19H25FN2O2/c1-21-17(23)10-9-16(18(21)14-7-6-8-15(20)13-14)19(24)22-11-4-2-3-5-12-22/h6-8,13,16,18H,2-5,9-12H2,1H3/t16-,18-/m0/s1. The van der Waals surface area contributed by atoms with Gasteiger partial charge in [0.25, 0.3) is 0 Å². The van der Waals surface area contributed by atoms with Crippen LogP contribution >= 0.6 is 0 Å². The number of carbonyl (C=O) groups excluding carboxylic acids is 2. The highest BCUT2D eigenvalue weighted by atomic mass is 19.1. The van der Waals surface area contributed by atoms with Crippen LogP contribution in [-0.4, -0.2) is 41.8 Å². The summed E-state index contributed by atoms with van der Waals surface area (Å²) in [6, 6.07) is 5.91. The van der Waals surface area contributed by atoms with Gasteiger partial charge in [0.05, 0.1) is 12.0 Å². The summed E-state index contributed by atoms with van der Waals surface area (Å²) in [4.78, 5) is 28.9. The summed E-state index contributed by atoms with van der Waals surface area (Å²) < 4.78 is 13.7. The third-order valence-electron chi connectivity index (χ3n) is 5.29. The van der Waals surface area contributed by atoms with Gasteiger partial charge in [0.2, 0.25) is 11.8 Å². The molecular weight excluding hydrogens is 307 g/mol. The summed E-state index contributed by atoms with van der Waals surface area (Å²) in [6.07, 6.45) is 5.34. The Morgan fingerprint density at radius 1 is 1.17 bits per heavy atom. The zero-order valence-corrected chi connectivity index (χ0v) is 14.2. The van der Waals surface area contributed by atoms with Crippen LogP contribution in [0.5, 0.6) is 0 Å². The molecular formula is C19H25FN2O2. The van der Waals surface area contributed by atoms with Crippen molar-refractivity contribution in [3.05, 3.63) is 35.6 Å². The number of rotatable bonds is 2. The zero-order valence-electron chi connectivity index (χ0n) is 14.2. The number of amides is 2. The first kappa shape index (κ1) is 16.9. The maximum absolute atomic E-state index is 13.7. The summed E-state index contributed by atoms with van der Waals surface area (Å²) >= 11 is 0. The lowest BCUT2D eigenvalue weighted by atomic mass is 9.83. The van der Waals surface area contributed by atoms with Crippen molar-refractivity contribution >= 4 is 11.8 Å². The zero-order chi connectivity index (χ0) is 17.1. The van der Waals surface area contributed by atoms with Crippen LogP contribution < -0.4 is 0 Å². The molecule has 2 heterocycles. The minimum absolute atomic E-state index is 0.0178. The summed E-state index contributed by atoms with van der Waals surface area (Å²) in [6.45, 7) is 1.59. The highest BCUT2D eigenvalue weighted by molar-refractivity contribution is 5.85. The van der Waals surface area contributed by atoms with Crippen molar-refractivity contribution in [3.63, 3.8) is 0 Å². The normalized spacial score (nSPS) is 25.5. The lowest BCUT2D eigenvalue weighted by Crippen LogP contribution is -2.47. The van der Waals surface area contributed by atoms with Gasteiger partial charge < -0.3 is 9.80 Å². The van der Waals surface area contributed by atoms with E-state index in [1.807, 2.05) is 11.0 Å². The Balaban J connectivity index is 1.88. The van der Waals surface area contributed by atoms with Crippen molar-refractivity contribution in [1.82, 2.24) is 9.80 Å². The van der Waals surface area contributed by atoms with Crippen molar-refractivity contribution in [1.29, 1.82) is 0 Å². The van der Waals surface area contributed by atoms with Gasteiger partial charge in [-0.25, -0.2) is 4.39 Å². The monoisotopic (exact) mass is 332 g/mol. The molecule has 4 nitrogen and oxygen atoms in total. The molecule has 0 N–H and O–H groups in total. The van der Waals surface area contributed by atoms with E-state index in [0.717, 1.165) is 25.9 Å². The predicted molar refractivity (Wildman–Crippen MR) is 89.7 cm³/mol. The van der Waals surface area contributed by atoms with E-state index in [4.69, 9.17) is 0 Å². The first-order valence-corrected chi connectivity index (χ1v) is 8.88. The van der Waals surface area contributed by atoms with E-state index in [1.165, 1.54) is 25.0 Å². The highest BCUT2D eigenvalue weighted by Gasteiger charge is 2.40. The molecule has 1 aromatic rings. The van der Waals surface area contributed by atoms with Crippen LogP contribution in [0.3, 0.4) is 0 Å². The molecule has 130 valence electrons. The third-order valence-corrected chi connectivity index (χ3v) is 5.29. The fourth-order valence-corrected chi connectivity index (χ4v) is 3.97. The Labute approximate surface area is 142 Å². The molecule has 0 unspecified atom stereocenters. The first-order chi connectivity index (χ1) is 11.6. The molecule has 5 heteroatoms. The minimum Gasteiger partial charge on any atom is -0.342 e. The van der Waals surface area contributed by atoms with Crippen molar-refractivity contribution in [2.24, 2.45) is 5.92 Å². The van der Waals surface area contributed by atoms with Crippen LogP contribution in [0.15, 0.2) is 24.3 Å². The van der Waals surface area contributed by atoms with E-state index in [2.05, 4.69) is 0 Å². The number of halogens is 1. The van der Waals surface area contributed by atoms with Gasteiger partial charge in [-0.1, -0.05) is 25.0 Å². The highest BCUT2D eigenvalue weighted by Crippen LogP contribution is 2.37. The number of likely N-dealkylation sites (tertiary alicyclic amines) is 2. The quantitative estimate of drug-likeness (QED) is 0.835. The van der Waals surface area contributed by atoms with Crippen molar-refractivity contribution < 1.29 is 14.0 Å². The van der Waals surface area contributed by atoms with Crippen LogP contribution in [0, 0.1) is 11.7 Å². The predicted octanol–water partition coefficient (Wildman–Crippen LogP) is 3.14. The fourth-order valence-electron chi connectivity index (χ4n) is 3.97. The number of benzene rings is 1. The Morgan fingerprint density at radius 3 is 2.54 bits per heavy atom. The molecule has 0 spiro atoms. The van der Waals surface area contributed by atoms with E-state index in [0.29, 0.717) is 18.4 Å². The number of hydrogen-bond acceptors (Lipinski definition) is 2. The summed E-state index contributed by atoms with van der Waals surface area (Å²) in [7, 11) is 1.72. The van der Waals surface area contributed by atoms with Gasteiger partial charge in [-0.05, 0) is 37.0 Å². The number of carbonyl (C=O) groups is 2. The molecule has 0 bridgehead atoms. The Kier molecular flexibility index (Phi) is 5.17. The Hall–Kier alpha value is -1.91. The first-order valence-electron chi connectivity index (χ1n) is 8.88. The second-order valence-electron chi connectivity index (χ2n) is 6.89. The molecule has 2 aliphatic rings. The second kappa shape index (κ2) is 7.32. The van der Waals surface area contributed by atoms with Crippen molar-refractivity contribution in [2.45, 2.75) is 44.6 Å². The molecule has 0 aliphatic carbocycles. The molecule has 2 atom stereocenters. The molecule has 0 saturated carbocycles. The van der Waals surface area contributed by atoms with Crippen LogP contribution in [0.1, 0.15) is 50.1 Å². The smallest absolute Gasteiger partial charge is 0.228 e. The van der Waals surface area contributed by atoms with Gasteiger partial charge in [0.1, 0.15) is 5.82 Å². The van der Waals surface area contributed by atoms with Crippen LogP contribution in [-0.2, 0) is 9.59 Å². The summed E-state index contributed by atoms with van der Waals surface area (Å²) in [5, 5.41) is 0. The van der Waals surface area contributed by atoms with Gasteiger partial charge in [-0.3, -0.25) is 9.59 Å². The van der Waals surface area contributed by atoms with E-state index < -0.39 is 0 Å². The maximum atomic E-state index is 13.7. The third kappa shape index (κ3) is 3.45. The van der Waals surface area contributed by atoms with E-state index in [9.17, 15) is 14.0 Å². The van der Waals surface area contributed by atoms with Crippen LogP contribution in [0.25, 0.3) is 0 Å².